The van der Waals surface area contributed by atoms with E-state index >= 15 is 0 Å². The zero-order valence-corrected chi connectivity index (χ0v) is 11.8. The summed E-state index contributed by atoms with van der Waals surface area (Å²) in [6, 6.07) is 10.1. The summed E-state index contributed by atoms with van der Waals surface area (Å²) in [4.78, 5) is 19.6. The number of benzene rings is 1. The van der Waals surface area contributed by atoms with Crippen LogP contribution < -0.4 is 5.32 Å². The van der Waals surface area contributed by atoms with Gasteiger partial charge in [-0.05, 0) is 31.9 Å². The zero-order valence-electron chi connectivity index (χ0n) is 11.8. The first-order valence-electron chi connectivity index (χ1n) is 7.14. The van der Waals surface area contributed by atoms with Crippen molar-refractivity contribution in [3.05, 3.63) is 53.7 Å². The second-order valence-corrected chi connectivity index (χ2v) is 5.48. The largest absolute Gasteiger partial charge is 0.348 e. The van der Waals surface area contributed by atoms with Crippen molar-refractivity contribution in [2.45, 2.75) is 25.8 Å². The predicted molar refractivity (Wildman–Crippen MR) is 80.3 cm³/mol. The van der Waals surface area contributed by atoms with Crippen LogP contribution >= 0.6 is 0 Å². The normalized spacial score (nSPS) is 17.2. The number of rotatable bonds is 3. The van der Waals surface area contributed by atoms with E-state index < -0.39 is 0 Å². The second kappa shape index (κ2) is 4.48. The van der Waals surface area contributed by atoms with Gasteiger partial charge >= 0.3 is 6.03 Å². The molecule has 2 aromatic heterocycles. The van der Waals surface area contributed by atoms with E-state index in [-0.39, 0.29) is 12.1 Å². The maximum Gasteiger partial charge on any atom is 0.326 e. The molecule has 0 radical (unpaired) electrons. The van der Waals surface area contributed by atoms with E-state index in [1.807, 2.05) is 31.2 Å². The van der Waals surface area contributed by atoms with E-state index in [4.69, 9.17) is 0 Å². The lowest BCUT2D eigenvalue weighted by atomic mass is 10.1. The van der Waals surface area contributed by atoms with E-state index in [1.54, 1.807) is 10.9 Å². The van der Waals surface area contributed by atoms with Crippen LogP contribution in [0.3, 0.4) is 0 Å². The third kappa shape index (κ3) is 1.85. The van der Waals surface area contributed by atoms with Gasteiger partial charge in [-0.25, -0.2) is 9.78 Å². The summed E-state index contributed by atoms with van der Waals surface area (Å²) in [6.07, 6.45) is 3.42. The van der Waals surface area contributed by atoms with E-state index in [0.717, 1.165) is 40.8 Å². The summed E-state index contributed by atoms with van der Waals surface area (Å²) in [5.74, 6) is 0. The van der Waals surface area contributed by atoms with Crippen molar-refractivity contribution in [2.75, 3.05) is 0 Å². The van der Waals surface area contributed by atoms with Crippen LogP contribution in [0.1, 0.15) is 29.5 Å². The lowest BCUT2D eigenvalue weighted by Gasteiger charge is -2.08. The molecule has 5 nitrogen and oxygen atoms in total. The monoisotopic (exact) mass is 280 g/mol. The zero-order chi connectivity index (χ0) is 14.4. The molecule has 2 N–H and O–H groups in total. The number of carbonyl (C=O) groups is 1. The first kappa shape index (κ1) is 12.2. The predicted octanol–water partition coefficient (Wildman–Crippen LogP) is 2.92. The van der Waals surface area contributed by atoms with Gasteiger partial charge in [-0.1, -0.05) is 18.2 Å². The fourth-order valence-electron chi connectivity index (χ4n) is 3.09. The molecule has 0 saturated heterocycles. The Morgan fingerprint density at radius 2 is 2.19 bits per heavy atom. The third-order valence-electron chi connectivity index (χ3n) is 4.20. The number of imidazole rings is 1. The number of fused-ring (bicyclic) bond motifs is 3. The lowest BCUT2D eigenvalue weighted by molar-refractivity contribution is 0.245. The summed E-state index contributed by atoms with van der Waals surface area (Å²) < 4.78 is 1.79. The molecule has 106 valence electrons. The number of nitrogens with zero attached hydrogens (tertiary/aromatic N) is 2. The third-order valence-corrected chi connectivity index (χ3v) is 4.20. The van der Waals surface area contributed by atoms with Gasteiger partial charge in [0, 0.05) is 11.1 Å². The van der Waals surface area contributed by atoms with Gasteiger partial charge < -0.3 is 10.3 Å². The van der Waals surface area contributed by atoms with Gasteiger partial charge in [0.05, 0.1) is 29.3 Å². The second-order valence-electron chi connectivity index (χ2n) is 5.48. The Bertz CT molecular complexity index is 830. The van der Waals surface area contributed by atoms with Gasteiger partial charge in [0.15, 0.2) is 0 Å². The average Bonchev–Trinajstić information content (AvgIpc) is 3.13. The van der Waals surface area contributed by atoms with E-state index in [0.29, 0.717) is 0 Å². The van der Waals surface area contributed by atoms with Crippen LogP contribution in [-0.2, 0) is 6.42 Å². The van der Waals surface area contributed by atoms with Crippen LogP contribution in [-0.4, -0.2) is 20.6 Å². The Balaban J connectivity index is 1.65. The standard InChI is InChI=1S/C16H16N4O/c1-10-12(18-9-17-10)6-7-13-15-8-11-4-2-3-5-14(11)20(15)16(21)19-13/h2-5,8-9,13H,6-7H2,1H3,(H,17,18)(H,19,21). The Kier molecular flexibility index (Phi) is 2.60. The van der Waals surface area contributed by atoms with Crippen molar-refractivity contribution in [2.24, 2.45) is 0 Å². The Morgan fingerprint density at radius 3 is 3.00 bits per heavy atom. The highest BCUT2D eigenvalue weighted by molar-refractivity contribution is 5.95. The molecule has 1 amide bonds. The SMILES string of the molecule is Cc1[nH]cnc1CCC1NC(=O)n2c1cc1ccccc12. The number of amides is 1. The number of nitrogens with one attached hydrogen (secondary N) is 2. The van der Waals surface area contributed by atoms with Crippen LogP contribution in [0.15, 0.2) is 36.7 Å². The van der Waals surface area contributed by atoms with Crippen molar-refractivity contribution in [3.63, 3.8) is 0 Å². The minimum atomic E-state index is -0.0325. The van der Waals surface area contributed by atoms with Crippen LogP contribution in [0.25, 0.3) is 10.9 Å². The molecule has 1 aromatic carbocycles. The molecule has 1 aliphatic rings. The number of hydrogen-bond acceptors (Lipinski definition) is 2. The first-order chi connectivity index (χ1) is 10.2. The maximum atomic E-state index is 12.2. The van der Waals surface area contributed by atoms with Gasteiger partial charge in [0.25, 0.3) is 0 Å². The van der Waals surface area contributed by atoms with Gasteiger partial charge in [0.2, 0.25) is 0 Å². The summed E-state index contributed by atoms with van der Waals surface area (Å²) >= 11 is 0. The number of carbonyl (C=O) groups excluding carboxylic acids is 1. The lowest BCUT2D eigenvalue weighted by Crippen LogP contribution is -2.21. The van der Waals surface area contributed by atoms with Crippen molar-refractivity contribution in [1.29, 1.82) is 0 Å². The highest BCUT2D eigenvalue weighted by Crippen LogP contribution is 2.31. The molecule has 0 spiro atoms. The van der Waals surface area contributed by atoms with Crippen LogP contribution in [0.5, 0.6) is 0 Å². The number of aromatic amines is 1. The summed E-state index contributed by atoms with van der Waals surface area (Å²) in [5.41, 5.74) is 4.19. The van der Waals surface area contributed by atoms with Crippen LogP contribution in [0.2, 0.25) is 0 Å². The van der Waals surface area contributed by atoms with Crippen LogP contribution in [0, 0.1) is 6.92 Å². The van der Waals surface area contributed by atoms with Gasteiger partial charge in [0.1, 0.15) is 0 Å². The Morgan fingerprint density at radius 1 is 1.33 bits per heavy atom. The quantitative estimate of drug-likeness (QED) is 0.775. The molecular formula is C16H16N4O. The molecule has 0 aliphatic carbocycles. The summed E-state index contributed by atoms with van der Waals surface area (Å²) in [5, 5.41) is 4.17. The minimum absolute atomic E-state index is 0.0325. The molecule has 0 saturated carbocycles. The van der Waals surface area contributed by atoms with Crippen LogP contribution in [0.4, 0.5) is 4.79 Å². The highest BCUT2D eigenvalue weighted by atomic mass is 16.2. The fraction of sp³-hybridized carbons (Fsp3) is 0.250. The first-order valence-corrected chi connectivity index (χ1v) is 7.14. The molecule has 4 rings (SSSR count). The number of para-hydroxylation sites is 1. The molecule has 1 unspecified atom stereocenters. The topological polar surface area (TPSA) is 62.7 Å². The molecule has 1 atom stereocenters. The Labute approximate surface area is 122 Å². The number of hydrogen-bond donors (Lipinski definition) is 2. The van der Waals surface area contributed by atoms with Crippen molar-refractivity contribution >= 4 is 16.9 Å². The minimum Gasteiger partial charge on any atom is -0.348 e. The molecule has 3 aromatic rings. The number of H-pyrrole nitrogens is 1. The molecule has 21 heavy (non-hydrogen) atoms. The highest BCUT2D eigenvalue weighted by Gasteiger charge is 2.30. The Hall–Kier alpha value is -2.56. The molecule has 1 aliphatic heterocycles. The van der Waals surface area contributed by atoms with Gasteiger partial charge in [-0.15, -0.1) is 0 Å². The van der Waals surface area contributed by atoms with Crippen molar-refractivity contribution in [1.82, 2.24) is 19.9 Å². The number of aromatic nitrogens is 3. The summed E-state index contributed by atoms with van der Waals surface area (Å²) in [6.45, 7) is 2.02. The molecule has 5 heteroatoms. The van der Waals surface area contributed by atoms with E-state index in [1.165, 1.54) is 0 Å². The van der Waals surface area contributed by atoms with E-state index in [2.05, 4.69) is 21.4 Å². The van der Waals surface area contributed by atoms with Gasteiger partial charge in [-0.2, -0.15) is 0 Å². The molecule has 0 fully saturated rings. The number of aryl methyl sites for hydroxylation is 2. The average molecular weight is 280 g/mol. The molecule has 0 bridgehead atoms. The molecular weight excluding hydrogens is 264 g/mol. The van der Waals surface area contributed by atoms with Crippen molar-refractivity contribution < 1.29 is 4.79 Å². The molecule has 3 heterocycles. The van der Waals surface area contributed by atoms with Crippen molar-refractivity contribution in [3.8, 4) is 0 Å². The van der Waals surface area contributed by atoms with Gasteiger partial charge in [-0.3, -0.25) is 4.57 Å². The summed E-state index contributed by atoms with van der Waals surface area (Å²) in [7, 11) is 0. The smallest absolute Gasteiger partial charge is 0.326 e. The van der Waals surface area contributed by atoms with E-state index in [9.17, 15) is 4.79 Å². The maximum absolute atomic E-state index is 12.2. The fourth-order valence-corrected chi connectivity index (χ4v) is 3.09.